The van der Waals surface area contributed by atoms with Gasteiger partial charge in [-0.05, 0) is 60.8 Å². The van der Waals surface area contributed by atoms with Gasteiger partial charge in [0.1, 0.15) is 0 Å². The van der Waals surface area contributed by atoms with Crippen LogP contribution in [0.5, 0.6) is 0 Å². The number of hydrogen-bond acceptors (Lipinski definition) is 7. The fourth-order valence-corrected chi connectivity index (χ4v) is 9.40. The second-order valence-corrected chi connectivity index (χ2v) is 16.5. The Labute approximate surface area is 186 Å². The molecule has 0 atom stereocenters. The quantitative estimate of drug-likeness (QED) is 0.607. The van der Waals surface area contributed by atoms with E-state index < -0.39 is 29.2 Å². The molecular weight excluding hydrogens is 442 g/mol. The fraction of sp³-hybridized carbons (Fsp3) is 1.00. The van der Waals surface area contributed by atoms with Crippen molar-refractivity contribution in [1.29, 1.82) is 0 Å². The first kappa shape index (κ1) is 27.8. The van der Waals surface area contributed by atoms with E-state index in [2.05, 4.69) is 13.1 Å². The Balaban J connectivity index is 0.000000226. The summed E-state index contributed by atoms with van der Waals surface area (Å²) in [4.78, 5) is 0. The predicted molar refractivity (Wildman–Crippen MR) is 131 cm³/mol. The standard InChI is InChI=1S/C7H15NO2S.C7H15NOS.C6H13NOS/c1-7(2)8-11(9)5-3-10-4-6-11;1-7(2)8-10(9)5-3-4-6-10;1-6(2)7-9(8)4-3-5-9/h7H,3-6H2,1-2H3;7H,3-6H2,1-2H3;6H,3-5H2,1-2H3. The lowest BCUT2D eigenvalue weighted by atomic mass is 10.4. The van der Waals surface area contributed by atoms with Crippen molar-refractivity contribution in [2.75, 3.05) is 47.7 Å². The van der Waals surface area contributed by atoms with Crippen LogP contribution in [-0.2, 0) is 33.9 Å². The van der Waals surface area contributed by atoms with E-state index in [1.807, 2.05) is 41.5 Å². The summed E-state index contributed by atoms with van der Waals surface area (Å²) >= 11 is 0. The van der Waals surface area contributed by atoms with Crippen molar-refractivity contribution in [2.24, 2.45) is 13.1 Å². The molecule has 0 saturated carbocycles. The monoisotopic (exact) mass is 485 g/mol. The maximum atomic E-state index is 11.8. The van der Waals surface area contributed by atoms with Crippen molar-refractivity contribution < 1.29 is 17.4 Å². The highest BCUT2D eigenvalue weighted by atomic mass is 32.2. The zero-order chi connectivity index (χ0) is 22.8. The SMILES string of the molecule is CC(C)N=S1(=O)CCC1.CC(C)N=S1(=O)CCCC1.CC(C)N=S1(=O)CCOCC1. The van der Waals surface area contributed by atoms with E-state index in [1.165, 1.54) is 0 Å². The summed E-state index contributed by atoms with van der Waals surface area (Å²) < 4.78 is 52.4. The Hall–Kier alpha value is -0.190. The van der Waals surface area contributed by atoms with Gasteiger partial charge in [0, 0.05) is 42.5 Å². The zero-order valence-corrected chi connectivity index (χ0v) is 22.2. The normalized spacial score (nSPS) is 23.5. The molecule has 0 aliphatic carbocycles. The summed E-state index contributed by atoms with van der Waals surface area (Å²) in [6.45, 7) is 13.1. The Bertz CT molecular complexity index is 838. The second kappa shape index (κ2) is 12.7. The first-order valence-corrected chi connectivity index (χ1v) is 16.7. The lowest BCUT2D eigenvalue weighted by Gasteiger charge is -2.18. The van der Waals surface area contributed by atoms with Gasteiger partial charge in [-0.3, -0.25) is 0 Å². The van der Waals surface area contributed by atoms with Crippen molar-refractivity contribution in [3.05, 3.63) is 0 Å². The van der Waals surface area contributed by atoms with Crippen molar-refractivity contribution in [2.45, 2.75) is 78.9 Å². The molecule has 0 aromatic carbocycles. The minimum Gasteiger partial charge on any atom is -0.379 e. The third kappa shape index (κ3) is 11.4. The molecule has 3 aliphatic rings. The molecule has 0 radical (unpaired) electrons. The Morgan fingerprint density at radius 1 is 0.533 bits per heavy atom. The van der Waals surface area contributed by atoms with Gasteiger partial charge in [-0.25, -0.2) is 25.7 Å². The Kier molecular flexibility index (Phi) is 11.8. The second-order valence-electron chi connectivity index (χ2n) is 8.81. The van der Waals surface area contributed by atoms with Gasteiger partial charge in [0.05, 0.1) is 52.6 Å². The van der Waals surface area contributed by atoms with Crippen LogP contribution >= 0.6 is 0 Å². The molecule has 3 heterocycles. The molecular formula is C20H43N3O4S3. The summed E-state index contributed by atoms with van der Waals surface area (Å²) in [5, 5.41) is 0. The van der Waals surface area contributed by atoms with Crippen molar-refractivity contribution >= 4 is 29.2 Å². The van der Waals surface area contributed by atoms with E-state index in [9.17, 15) is 12.6 Å². The summed E-state index contributed by atoms with van der Waals surface area (Å²) in [6, 6.07) is 0.670. The molecule has 3 rings (SSSR count). The molecule has 3 saturated heterocycles. The van der Waals surface area contributed by atoms with E-state index in [0.29, 0.717) is 24.7 Å². The number of nitrogens with zero attached hydrogens (tertiary/aromatic N) is 3. The van der Waals surface area contributed by atoms with E-state index >= 15 is 0 Å². The molecule has 3 fully saturated rings. The van der Waals surface area contributed by atoms with Crippen LogP contribution in [-0.4, -0.2) is 78.5 Å². The van der Waals surface area contributed by atoms with Gasteiger partial charge in [-0.2, -0.15) is 0 Å². The fourth-order valence-electron chi connectivity index (χ4n) is 3.20. The van der Waals surface area contributed by atoms with Gasteiger partial charge in [0.15, 0.2) is 0 Å². The number of hydrogen-bond donors (Lipinski definition) is 0. The predicted octanol–water partition coefficient (Wildman–Crippen LogP) is 3.82. The van der Waals surface area contributed by atoms with Crippen LogP contribution in [0.25, 0.3) is 0 Å². The molecule has 7 nitrogen and oxygen atoms in total. The summed E-state index contributed by atoms with van der Waals surface area (Å²) in [5.41, 5.74) is 0. The molecule has 0 spiro atoms. The van der Waals surface area contributed by atoms with Crippen LogP contribution in [0.3, 0.4) is 0 Å². The van der Waals surface area contributed by atoms with Crippen LogP contribution in [0.15, 0.2) is 13.1 Å². The molecule has 0 bridgehead atoms. The number of rotatable bonds is 3. The maximum absolute atomic E-state index is 11.8. The molecule has 0 N–H and O–H groups in total. The Morgan fingerprint density at radius 3 is 1.10 bits per heavy atom. The highest BCUT2D eigenvalue weighted by Crippen LogP contribution is 2.14. The van der Waals surface area contributed by atoms with Gasteiger partial charge < -0.3 is 4.74 Å². The van der Waals surface area contributed by atoms with E-state index in [-0.39, 0.29) is 18.1 Å². The lowest BCUT2D eigenvalue weighted by Crippen LogP contribution is -2.26. The van der Waals surface area contributed by atoms with Gasteiger partial charge >= 0.3 is 0 Å². The third-order valence-electron chi connectivity index (χ3n) is 4.41. The lowest BCUT2D eigenvalue weighted by molar-refractivity contribution is 0.158. The Morgan fingerprint density at radius 2 is 0.833 bits per heavy atom. The minimum absolute atomic E-state index is 0.181. The van der Waals surface area contributed by atoms with Crippen molar-refractivity contribution in [3.8, 4) is 0 Å². The first-order valence-electron chi connectivity index (χ1n) is 11.1. The zero-order valence-electron chi connectivity index (χ0n) is 19.7. The van der Waals surface area contributed by atoms with Crippen LogP contribution in [0.2, 0.25) is 0 Å². The highest BCUT2D eigenvalue weighted by molar-refractivity contribution is 7.95. The van der Waals surface area contributed by atoms with Crippen LogP contribution in [0, 0.1) is 0 Å². The summed E-state index contributed by atoms with van der Waals surface area (Å²) in [7, 11) is -5.28. The molecule has 0 amide bonds. The summed E-state index contributed by atoms with van der Waals surface area (Å²) in [6.07, 6.45) is 3.32. The number of ether oxygens (including phenoxy) is 1. The molecule has 10 heteroatoms. The molecule has 0 aromatic heterocycles. The van der Waals surface area contributed by atoms with Gasteiger partial charge in [-0.15, -0.1) is 0 Å². The van der Waals surface area contributed by atoms with Crippen molar-refractivity contribution in [1.82, 2.24) is 0 Å². The largest absolute Gasteiger partial charge is 0.379 e. The van der Waals surface area contributed by atoms with Gasteiger partial charge in [-0.1, -0.05) is 0 Å². The molecule has 30 heavy (non-hydrogen) atoms. The molecule has 180 valence electrons. The maximum Gasteiger partial charge on any atom is 0.0590 e. The van der Waals surface area contributed by atoms with E-state index in [1.54, 1.807) is 0 Å². The third-order valence-corrected chi connectivity index (χ3v) is 12.1. The van der Waals surface area contributed by atoms with E-state index in [4.69, 9.17) is 4.74 Å². The molecule has 0 aromatic rings. The van der Waals surface area contributed by atoms with Crippen LogP contribution in [0.4, 0.5) is 0 Å². The molecule has 0 unspecified atom stereocenters. The minimum atomic E-state index is -1.89. The average molecular weight is 486 g/mol. The summed E-state index contributed by atoms with van der Waals surface area (Å²) in [5.74, 6) is 4.59. The van der Waals surface area contributed by atoms with Gasteiger partial charge in [0.25, 0.3) is 0 Å². The van der Waals surface area contributed by atoms with Crippen LogP contribution in [0.1, 0.15) is 60.8 Å². The average Bonchev–Trinajstić information content (AvgIpc) is 2.99. The smallest absolute Gasteiger partial charge is 0.0590 e. The van der Waals surface area contributed by atoms with Crippen LogP contribution < -0.4 is 0 Å². The van der Waals surface area contributed by atoms with E-state index in [0.717, 1.165) is 42.3 Å². The van der Waals surface area contributed by atoms with Crippen molar-refractivity contribution in [3.63, 3.8) is 0 Å². The van der Waals surface area contributed by atoms with Gasteiger partial charge in [0.2, 0.25) is 0 Å². The highest BCUT2D eigenvalue weighted by Gasteiger charge is 2.19. The first-order chi connectivity index (χ1) is 13.9. The topological polar surface area (TPSA) is 97.5 Å². The molecule has 3 aliphatic heterocycles.